The second-order valence-electron chi connectivity index (χ2n) is 7.35. The Morgan fingerprint density at radius 1 is 1.40 bits per heavy atom. The molecule has 6 heteroatoms. The fourth-order valence-corrected chi connectivity index (χ4v) is 2.66. The third-order valence-corrected chi connectivity index (χ3v) is 3.93. The predicted octanol–water partition coefficient (Wildman–Crippen LogP) is 3.07. The molecule has 1 aromatic carbocycles. The summed E-state index contributed by atoms with van der Waals surface area (Å²) in [6.45, 7) is 11.2. The van der Waals surface area contributed by atoms with Crippen molar-refractivity contribution in [3.63, 3.8) is 0 Å². The summed E-state index contributed by atoms with van der Waals surface area (Å²) in [5.74, 6) is 0.764. The Morgan fingerprint density at radius 2 is 2.12 bits per heavy atom. The van der Waals surface area contributed by atoms with Gasteiger partial charge in [0.05, 0.1) is 11.1 Å². The fraction of sp³-hybridized carbons (Fsp3) is 0.579. The minimum absolute atomic E-state index is 0.00571. The summed E-state index contributed by atoms with van der Waals surface area (Å²) in [6.07, 6.45) is 0. The van der Waals surface area contributed by atoms with E-state index in [4.69, 9.17) is 9.47 Å². The molecule has 2 amide bonds. The van der Waals surface area contributed by atoms with E-state index in [9.17, 15) is 9.59 Å². The lowest BCUT2D eigenvalue weighted by atomic mass is 9.92. The Morgan fingerprint density at radius 3 is 2.76 bits per heavy atom. The molecule has 1 aromatic rings. The first-order valence-corrected chi connectivity index (χ1v) is 8.71. The summed E-state index contributed by atoms with van der Waals surface area (Å²) >= 11 is 0. The van der Waals surface area contributed by atoms with Crippen LogP contribution in [0.3, 0.4) is 0 Å². The maximum Gasteiger partial charge on any atom is 0.250 e. The van der Waals surface area contributed by atoms with E-state index < -0.39 is 5.41 Å². The Labute approximate surface area is 149 Å². The summed E-state index contributed by atoms with van der Waals surface area (Å²) in [6, 6.07) is 5.37. The average Bonchev–Trinajstić information content (AvgIpc) is 2.63. The highest BCUT2D eigenvalue weighted by Gasteiger charge is 2.38. The van der Waals surface area contributed by atoms with Gasteiger partial charge >= 0.3 is 0 Å². The van der Waals surface area contributed by atoms with Gasteiger partial charge in [0.1, 0.15) is 19.0 Å². The first kappa shape index (κ1) is 19.2. The van der Waals surface area contributed by atoms with Gasteiger partial charge in [0.2, 0.25) is 11.8 Å². The van der Waals surface area contributed by atoms with Crippen LogP contribution in [0.25, 0.3) is 0 Å². The zero-order chi connectivity index (χ0) is 18.6. The number of hydrogen-bond donors (Lipinski definition) is 1. The first-order valence-electron chi connectivity index (χ1n) is 8.71. The van der Waals surface area contributed by atoms with Crippen molar-refractivity contribution in [2.24, 2.45) is 11.3 Å². The van der Waals surface area contributed by atoms with Crippen molar-refractivity contribution in [1.29, 1.82) is 0 Å². The van der Waals surface area contributed by atoms with Crippen LogP contribution in [0.5, 0.6) is 5.75 Å². The number of anilines is 2. The highest BCUT2D eigenvalue weighted by molar-refractivity contribution is 6.00. The van der Waals surface area contributed by atoms with Gasteiger partial charge in [-0.25, -0.2) is 0 Å². The van der Waals surface area contributed by atoms with Crippen molar-refractivity contribution in [3.8, 4) is 5.75 Å². The number of carbonyl (C=O) groups is 2. The molecule has 25 heavy (non-hydrogen) atoms. The average molecular weight is 348 g/mol. The fourth-order valence-electron chi connectivity index (χ4n) is 2.66. The molecule has 2 rings (SSSR count). The van der Waals surface area contributed by atoms with Crippen LogP contribution in [0.15, 0.2) is 18.2 Å². The molecule has 1 N–H and O–H groups in total. The van der Waals surface area contributed by atoms with Gasteiger partial charge in [0.25, 0.3) is 0 Å². The number of rotatable bonds is 6. The van der Waals surface area contributed by atoms with Crippen LogP contribution < -0.4 is 15.0 Å². The quantitative estimate of drug-likeness (QED) is 0.858. The molecule has 1 aliphatic heterocycles. The molecule has 1 aliphatic rings. The number of nitrogens with zero attached hydrogens (tertiary/aromatic N) is 1. The Balaban J connectivity index is 2.33. The highest BCUT2D eigenvalue weighted by atomic mass is 16.5. The minimum atomic E-state index is -0.605. The van der Waals surface area contributed by atoms with Gasteiger partial charge < -0.3 is 19.7 Å². The summed E-state index contributed by atoms with van der Waals surface area (Å²) < 4.78 is 11.0. The number of ether oxygens (including phenoxy) is 2. The molecule has 0 saturated heterocycles. The maximum absolute atomic E-state index is 13.0. The van der Waals surface area contributed by atoms with Crippen LogP contribution in [-0.4, -0.2) is 38.2 Å². The molecular weight excluding hydrogens is 320 g/mol. The van der Waals surface area contributed by atoms with E-state index in [1.807, 2.05) is 20.8 Å². The molecule has 0 unspecified atom stereocenters. The Hall–Kier alpha value is -2.08. The zero-order valence-corrected chi connectivity index (χ0v) is 15.7. The van der Waals surface area contributed by atoms with E-state index in [1.165, 1.54) is 0 Å². The van der Waals surface area contributed by atoms with Crippen LogP contribution in [0.2, 0.25) is 0 Å². The largest absolute Gasteiger partial charge is 0.490 e. The second-order valence-corrected chi connectivity index (χ2v) is 7.35. The van der Waals surface area contributed by atoms with Crippen molar-refractivity contribution in [3.05, 3.63) is 18.2 Å². The summed E-state index contributed by atoms with van der Waals surface area (Å²) in [4.78, 5) is 26.6. The SMILES string of the molecule is CCOCC(=O)Nc1ccc2c(c1)N(CC(C)C)C(=O)C(C)(C)CO2. The van der Waals surface area contributed by atoms with Crippen molar-refractivity contribution < 1.29 is 19.1 Å². The number of fused-ring (bicyclic) bond motifs is 1. The van der Waals surface area contributed by atoms with Crippen LogP contribution in [0.4, 0.5) is 11.4 Å². The lowest BCUT2D eigenvalue weighted by Crippen LogP contribution is -2.43. The molecule has 0 atom stereocenters. The number of hydrogen-bond acceptors (Lipinski definition) is 4. The van der Waals surface area contributed by atoms with Crippen LogP contribution in [0.1, 0.15) is 34.6 Å². The molecule has 0 saturated carbocycles. The first-order chi connectivity index (χ1) is 11.7. The van der Waals surface area contributed by atoms with Gasteiger partial charge in [-0.1, -0.05) is 13.8 Å². The standard InChI is InChI=1S/C19H28N2O4/c1-6-24-11-17(22)20-14-7-8-16-15(9-14)21(10-13(2)3)18(23)19(4,5)12-25-16/h7-9,13H,6,10-12H2,1-5H3,(H,20,22). The van der Waals surface area contributed by atoms with Gasteiger partial charge in [-0.15, -0.1) is 0 Å². The van der Waals surface area contributed by atoms with Gasteiger partial charge in [0, 0.05) is 18.8 Å². The molecule has 0 bridgehead atoms. The van der Waals surface area contributed by atoms with E-state index in [1.54, 1.807) is 23.1 Å². The van der Waals surface area contributed by atoms with E-state index in [2.05, 4.69) is 19.2 Å². The minimum Gasteiger partial charge on any atom is -0.490 e. The van der Waals surface area contributed by atoms with Gasteiger partial charge in [-0.2, -0.15) is 0 Å². The summed E-state index contributed by atoms with van der Waals surface area (Å²) in [7, 11) is 0. The van der Waals surface area contributed by atoms with Crippen molar-refractivity contribution >= 4 is 23.2 Å². The van der Waals surface area contributed by atoms with Gasteiger partial charge in [-0.3, -0.25) is 9.59 Å². The van der Waals surface area contributed by atoms with Gasteiger partial charge in [-0.05, 0) is 44.9 Å². The smallest absolute Gasteiger partial charge is 0.250 e. The molecule has 1 heterocycles. The monoisotopic (exact) mass is 348 g/mol. The van der Waals surface area contributed by atoms with E-state index in [-0.39, 0.29) is 18.4 Å². The van der Waals surface area contributed by atoms with Crippen molar-refractivity contribution in [2.45, 2.75) is 34.6 Å². The third kappa shape index (κ3) is 4.72. The van der Waals surface area contributed by atoms with Crippen LogP contribution >= 0.6 is 0 Å². The summed E-state index contributed by atoms with van der Waals surface area (Å²) in [5.41, 5.74) is 0.707. The molecular formula is C19H28N2O4. The van der Waals surface area contributed by atoms with Crippen LogP contribution in [0, 0.1) is 11.3 Å². The molecule has 0 aromatic heterocycles. The lowest BCUT2D eigenvalue weighted by Gasteiger charge is -2.29. The molecule has 0 radical (unpaired) electrons. The molecule has 0 fully saturated rings. The maximum atomic E-state index is 13.0. The van der Waals surface area contributed by atoms with Gasteiger partial charge in [0.15, 0.2) is 0 Å². The predicted molar refractivity (Wildman–Crippen MR) is 98.0 cm³/mol. The number of carbonyl (C=O) groups excluding carboxylic acids is 2. The van der Waals surface area contributed by atoms with E-state index in [0.29, 0.717) is 42.8 Å². The molecule has 0 spiro atoms. The van der Waals surface area contributed by atoms with E-state index in [0.717, 1.165) is 0 Å². The highest BCUT2D eigenvalue weighted by Crippen LogP contribution is 2.38. The van der Waals surface area contributed by atoms with E-state index >= 15 is 0 Å². The zero-order valence-electron chi connectivity index (χ0n) is 15.7. The number of benzene rings is 1. The third-order valence-electron chi connectivity index (χ3n) is 3.93. The lowest BCUT2D eigenvalue weighted by molar-refractivity contribution is -0.127. The van der Waals surface area contributed by atoms with Crippen LogP contribution in [-0.2, 0) is 14.3 Å². The molecule has 6 nitrogen and oxygen atoms in total. The number of amides is 2. The topological polar surface area (TPSA) is 67.9 Å². The molecule has 138 valence electrons. The van der Waals surface area contributed by atoms with Crippen molar-refractivity contribution in [2.75, 3.05) is 36.6 Å². The summed E-state index contributed by atoms with van der Waals surface area (Å²) in [5, 5.41) is 2.80. The number of nitrogens with one attached hydrogen (secondary N) is 1. The Kier molecular flexibility index (Phi) is 6.06. The normalized spacial score (nSPS) is 16.2. The molecule has 0 aliphatic carbocycles. The second kappa shape index (κ2) is 7.87. The van der Waals surface area contributed by atoms with Crippen molar-refractivity contribution in [1.82, 2.24) is 0 Å². The Bertz CT molecular complexity index is 640.